The first-order valence-corrected chi connectivity index (χ1v) is 12.5. The highest BCUT2D eigenvalue weighted by atomic mass is 35.5. The van der Waals surface area contributed by atoms with Gasteiger partial charge in [-0.2, -0.15) is 27.2 Å². The highest BCUT2D eigenvalue weighted by Gasteiger charge is 2.79. The van der Waals surface area contributed by atoms with Crippen LogP contribution in [0.3, 0.4) is 0 Å². The van der Waals surface area contributed by atoms with Crippen LogP contribution in [-0.4, -0.2) is 38.9 Å². The average molecular weight is 648 g/mol. The second-order valence-corrected chi connectivity index (χ2v) is 9.99. The predicted octanol–water partition coefficient (Wildman–Crippen LogP) is 8.38. The maximum absolute atomic E-state index is 15.3. The van der Waals surface area contributed by atoms with Crippen LogP contribution < -0.4 is 5.32 Å². The minimum absolute atomic E-state index is 0.134. The second-order valence-electron chi connectivity index (χ2n) is 9.18. The number of aromatic nitrogens is 3. The van der Waals surface area contributed by atoms with Crippen LogP contribution in [0.1, 0.15) is 28.4 Å². The summed E-state index contributed by atoms with van der Waals surface area (Å²) >= 11 is 12.1. The van der Waals surface area contributed by atoms with Crippen molar-refractivity contribution in [1.82, 2.24) is 15.0 Å². The summed E-state index contributed by atoms with van der Waals surface area (Å²) in [6.45, 7) is -0.424. The number of hydrogen-bond donors (Lipinski definition) is 1. The molecule has 4 aromatic rings. The van der Waals surface area contributed by atoms with E-state index in [0.717, 1.165) is 4.68 Å². The van der Waals surface area contributed by atoms with Crippen LogP contribution in [0, 0.1) is 11.3 Å². The molecule has 1 unspecified atom stereocenters. The summed E-state index contributed by atoms with van der Waals surface area (Å²) < 4.78 is 112. The van der Waals surface area contributed by atoms with Gasteiger partial charge in [-0.05, 0) is 48.5 Å². The molecule has 0 aliphatic rings. The maximum Gasteiger partial charge on any atom is 0.457 e. The Balaban J connectivity index is 1.66. The fraction of sp³-hybridized carbons (Fsp3) is 0.185. The molecular weight excluding hydrogens is 633 g/mol. The summed E-state index contributed by atoms with van der Waals surface area (Å²) in [5, 5.41) is 17.7. The van der Waals surface area contributed by atoms with Crippen LogP contribution in [0.5, 0.6) is 0 Å². The first kappa shape index (κ1) is 31.7. The van der Waals surface area contributed by atoms with Gasteiger partial charge in [-0.15, -0.1) is 5.10 Å². The fourth-order valence-electron chi connectivity index (χ4n) is 4.05. The summed E-state index contributed by atoms with van der Waals surface area (Å²) in [6, 6.07) is 14.3. The molecule has 224 valence electrons. The van der Waals surface area contributed by atoms with Crippen LogP contribution in [0.2, 0.25) is 10.0 Å². The Morgan fingerprint density at radius 2 is 1.53 bits per heavy atom. The van der Waals surface area contributed by atoms with Gasteiger partial charge < -0.3 is 5.32 Å². The number of carbonyl (C=O) groups excluding carboxylic acids is 1. The van der Waals surface area contributed by atoms with Crippen LogP contribution in [0.15, 0.2) is 66.9 Å². The van der Waals surface area contributed by atoms with Crippen LogP contribution in [0.25, 0.3) is 16.9 Å². The number of amides is 1. The van der Waals surface area contributed by atoms with Gasteiger partial charge in [-0.3, -0.25) is 4.79 Å². The monoisotopic (exact) mass is 647 g/mol. The summed E-state index contributed by atoms with van der Waals surface area (Å²) in [7, 11) is 0. The number of hydrogen-bond acceptors (Lipinski definition) is 4. The third-order valence-corrected chi connectivity index (χ3v) is 6.80. The number of benzene rings is 3. The first-order valence-electron chi connectivity index (χ1n) is 11.8. The van der Waals surface area contributed by atoms with E-state index in [1.54, 1.807) is 18.2 Å². The molecule has 0 spiro atoms. The normalized spacial score (nSPS) is 13.7. The van der Waals surface area contributed by atoms with Gasteiger partial charge in [0.2, 0.25) is 0 Å². The number of nitriles is 1. The molecule has 0 saturated carbocycles. The van der Waals surface area contributed by atoms with E-state index in [0.29, 0.717) is 16.8 Å². The fourth-order valence-corrected chi connectivity index (χ4v) is 4.71. The quantitative estimate of drug-likeness (QED) is 0.204. The van der Waals surface area contributed by atoms with Gasteiger partial charge >= 0.3 is 12.1 Å². The van der Waals surface area contributed by atoms with E-state index < -0.39 is 52.1 Å². The molecule has 1 aromatic heterocycles. The molecule has 0 saturated heterocycles. The molecule has 16 heteroatoms. The minimum atomic E-state index is -6.68. The molecule has 6 nitrogen and oxygen atoms in total. The summed E-state index contributed by atoms with van der Waals surface area (Å²) in [5.41, 5.74) is -6.29. The van der Waals surface area contributed by atoms with E-state index in [-0.39, 0.29) is 29.1 Å². The maximum atomic E-state index is 15.3. The Kier molecular flexibility index (Phi) is 8.20. The van der Waals surface area contributed by atoms with Crippen molar-refractivity contribution >= 4 is 34.8 Å². The molecule has 43 heavy (non-hydrogen) atoms. The van der Waals surface area contributed by atoms with Crippen molar-refractivity contribution in [2.45, 2.75) is 30.6 Å². The molecule has 1 amide bonds. The van der Waals surface area contributed by atoms with Crippen molar-refractivity contribution < 1.29 is 39.9 Å². The molecule has 0 bridgehead atoms. The highest BCUT2D eigenvalue weighted by molar-refractivity contribution is 6.37. The largest absolute Gasteiger partial charge is 0.457 e. The highest BCUT2D eigenvalue weighted by Crippen LogP contribution is 2.58. The zero-order chi connectivity index (χ0) is 32.0. The predicted molar refractivity (Wildman–Crippen MR) is 140 cm³/mol. The van der Waals surface area contributed by atoms with Crippen LogP contribution >= 0.6 is 23.2 Å². The third-order valence-electron chi connectivity index (χ3n) is 6.22. The standard InChI is InChI=1S/C27H15Cl2F8N5O/c1-24(30,31)25(32,26(33,34)27(35,36)37)17-10-19(28)22(20(29)11-17)42-13-21(40-41-42)16-3-2-4-18(9-16)39-23(43)15-7-5-14(12-38)6-8-15/h2-11,13H,1H3,(H,39,43). The zero-order valence-corrected chi connectivity index (χ0v) is 22.8. The molecule has 0 fully saturated rings. The zero-order valence-electron chi connectivity index (χ0n) is 21.3. The molecule has 3 aromatic carbocycles. The Morgan fingerprint density at radius 1 is 0.930 bits per heavy atom. The van der Waals surface area contributed by atoms with E-state index in [2.05, 4.69) is 15.6 Å². The molecule has 0 aliphatic carbocycles. The van der Waals surface area contributed by atoms with E-state index in [4.69, 9.17) is 28.5 Å². The molecule has 0 aliphatic heterocycles. The van der Waals surface area contributed by atoms with E-state index >= 15 is 4.39 Å². The van der Waals surface area contributed by atoms with Crippen molar-refractivity contribution in [2.75, 3.05) is 5.32 Å². The Hall–Kier alpha value is -4.22. The molecule has 4 rings (SSSR count). The van der Waals surface area contributed by atoms with Gasteiger partial charge in [0.05, 0.1) is 27.9 Å². The molecule has 1 atom stereocenters. The van der Waals surface area contributed by atoms with E-state index in [1.165, 1.54) is 36.5 Å². The average Bonchev–Trinajstić information content (AvgIpc) is 3.40. The smallest absolute Gasteiger partial charge is 0.322 e. The Bertz CT molecular complexity index is 1710. The van der Waals surface area contributed by atoms with Gasteiger partial charge in [0.1, 0.15) is 11.4 Å². The molecule has 1 heterocycles. The van der Waals surface area contributed by atoms with Gasteiger partial charge in [0, 0.05) is 29.3 Å². The SMILES string of the molecule is CC(F)(F)C(F)(c1cc(Cl)c(-n2cc(-c3cccc(NC(=O)c4ccc(C#N)cc4)c3)nn2)c(Cl)c1)C(F)(F)C(F)(F)F. The van der Waals surface area contributed by atoms with Crippen LogP contribution in [-0.2, 0) is 5.67 Å². The molecular formula is C27H15Cl2F8N5O. The number of nitrogens with one attached hydrogen (secondary N) is 1. The number of rotatable bonds is 7. The number of carbonyl (C=O) groups is 1. The van der Waals surface area contributed by atoms with Gasteiger partial charge in [-0.1, -0.05) is 40.5 Å². The van der Waals surface area contributed by atoms with Gasteiger partial charge in [0.15, 0.2) is 0 Å². The topological polar surface area (TPSA) is 83.6 Å². The van der Waals surface area contributed by atoms with Crippen molar-refractivity contribution in [2.24, 2.45) is 0 Å². The van der Waals surface area contributed by atoms with E-state index in [9.17, 15) is 35.5 Å². The number of anilines is 1. The number of alkyl halides is 8. The third kappa shape index (κ3) is 5.74. The summed E-state index contributed by atoms with van der Waals surface area (Å²) in [5.74, 6) is -12.3. The lowest BCUT2D eigenvalue weighted by atomic mass is 9.83. The lowest BCUT2D eigenvalue weighted by Crippen LogP contribution is -2.60. The lowest BCUT2D eigenvalue weighted by Gasteiger charge is -2.38. The van der Waals surface area contributed by atoms with Crippen molar-refractivity contribution in [1.29, 1.82) is 5.26 Å². The molecule has 0 radical (unpaired) electrons. The second kappa shape index (κ2) is 11.1. The Labute approximate surface area is 247 Å². The number of halogens is 10. The van der Waals surface area contributed by atoms with Crippen molar-refractivity contribution in [3.63, 3.8) is 0 Å². The first-order chi connectivity index (χ1) is 19.9. The lowest BCUT2D eigenvalue weighted by molar-refractivity contribution is -0.364. The van der Waals surface area contributed by atoms with Gasteiger partial charge in [0.25, 0.3) is 17.5 Å². The van der Waals surface area contributed by atoms with Crippen molar-refractivity contribution in [3.05, 3.63) is 93.6 Å². The van der Waals surface area contributed by atoms with Gasteiger partial charge in [-0.25, -0.2) is 17.9 Å². The van der Waals surface area contributed by atoms with Crippen LogP contribution in [0.4, 0.5) is 40.8 Å². The minimum Gasteiger partial charge on any atom is -0.322 e. The summed E-state index contributed by atoms with van der Waals surface area (Å²) in [6.07, 6.45) is -5.48. The van der Waals surface area contributed by atoms with E-state index in [1.807, 2.05) is 6.07 Å². The van der Waals surface area contributed by atoms with Crippen molar-refractivity contribution in [3.8, 4) is 23.0 Å². The molecule has 1 N–H and O–H groups in total. The summed E-state index contributed by atoms with van der Waals surface area (Å²) in [4.78, 5) is 12.6. The Morgan fingerprint density at radius 3 is 2.07 bits per heavy atom. The number of nitrogens with zero attached hydrogens (tertiary/aromatic N) is 4.